The monoisotopic (exact) mass is 366 g/mol. The molecule has 0 aromatic heterocycles. The number of nitrogens with one attached hydrogen (secondary N) is 2. The van der Waals surface area contributed by atoms with E-state index < -0.39 is 5.41 Å². The van der Waals surface area contributed by atoms with Crippen LogP contribution in [0.15, 0.2) is 24.3 Å². The first-order valence-electron chi connectivity index (χ1n) is 9.29. The van der Waals surface area contributed by atoms with Crippen molar-refractivity contribution in [2.75, 3.05) is 19.7 Å². The van der Waals surface area contributed by atoms with Gasteiger partial charge in [0.15, 0.2) is 0 Å². The maximum absolute atomic E-state index is 13.9. The van der Waals surface area contributed by atoms with Crippen LogP contribution in [0.2, 0.25) is 0 Å². The fourth-order valence-corrected chi connectivity index (χ4v) is 2.65. The molecule has 0 atom stereocenters. The molecular weight excluding hydrogens is 335 g/mol. The summed E-state index contributed by atoms with van der Waals surface area (Å²) >= 11 is 0. The Balaban J connectivity index is 2.15. The molecule has 0 radical (unpaired) electrons. The Morgan fingerprint density at radius 1 is 1.08 bits per heavy atom. The van der Waals surface area contributed by atoms with Crippen molar-refractivity contribution in [3.8, 4) is 0 Å². The van der Waals surface area contributed by atoms with Gasteiger partial charge < -0.3 is 15.4 Å². The number of ether oxygens (including phenoxy) is 1. The zero-order chi connectivity index (χ0) is 19.4. The van der Waals surface area contributed by atoms with Crippen LogP contribution >= 0.6 is 0 Å². The third-order valence-electron chi connectivity index (χ3n) is 4.19. The van der Waals surface area contributed by atoms with Crippen molar-refractivity contribution in [3.63, 3.8) is 0 Å². The van der Waals surface area contributed by atoms with Crippen LogP contribution in [0, 0.1) is 5.82 Å². The molecule has 0 aliphatic heterocycles. The highest BCUT2D eigenvalue weighted by molar-refractivity contribution is 5.73. The predicted octanol–water partition coefficient (Wildman–Crippen LogP) is 3.92. The van der Waals surface area contributed by atoms with Crippen LogP contribution in [0.4, 0.5) is 9.18 Å². The third-order valence-corrected chi connectivity index (χ3v) is 4.19. The molecule has 0 aliphatic rings. The summed E-state index contributed by atoms with van der Waals surface area (Å²) in [4.78, 5) is 23.1. The van der Waals surface area contributed by atoms with E-state index in [0.29, 0.717) is 31.7 Å². The summed E-state index contributed by atoms with van der Waals surface area (Å²) < 4.78 is 18.8. The fourth-order valence-electron chi connectivity index (χ4n) is 2.65. The third kappa shape index (κ3) is 8.32. The van der Waals surface area contributed by atoms with Crippen molar-refractivity contribution in [1.29, 1.82) is 0 Å². The van der Waals surface area contributed by atoms with Gasteiger partial charge in [-0.05, 0) is 31.4 Å². The molecule has 0 aliphatic carbocycles. The van der Waals surface area contributed by atoms with Crippen molar-refractivity contribution < 1.29 is 18.7 Å². The first-order chi connectivity index (χ1) is 12.4. The van der Waals surface area contributed by atoms with Crippen molar-refractivity contribution >= 4 is 12.0 Å². The summed E-state index contributed by atoms with van der Waals surface area (Å²) in [6, 6.07) is 6.37. The summed E-state index contributed by atoms with van der Waals surface area (Å²) in [6.07, 6.45) is 3.99. The first kappa shape index (κ1) is 21.9. The summed E-state index contributed by atoms with van der Waals surface area (Å²) in [7, 11) is 0. The van der Waals surface area contributed by atoms with Gasteiger partial charge in [-0.25, -0.2) is 9.18 Å². The number of benzene rings is 1. The Morgan fingerprint density at radius 2 is 1.77 bits per heavy atom. The minimum Gasteiger partial charge on any atom is -0.466 e. The number of amides is 2. The van der Waals surface area contributed by atoms with Gasteiger partial charge in [0.05, 0.1) is 6.61 Å². The normalized spacial score (nSPS) is 11.1. The standard InChI is InChI=1S/C20H31FN2O3/c1-4-26-18(24)13-7-5-6-10-14-22-19(25)23-15-20(2,3)16-11-8-9-12-17(16)21/h8-9,11-12H,4-7,10,13-15H2,1-3H3,(H2,22,23,25). The highest BCUT2D eigenvalue weighted by atomic mass is 19.1. The fraction of sp³-hybridized carbons (Fsp3) is 0.600. The average molecular weight is 366 g/mol. The van der Waals surface area contributed by atoms with Crippen LogP contribution in [0.5, 0.6) is 0 Å². The van der Waals surface area contributed by atoms with Gasteiger partial charge in [-0.15, -0.1) is 0 Å². The lowest BCUT2D eigenvalue weighted by Crippen LogP contribution is -2.42. The van der Waals surface area contributed by atoms with Crippen LogP contribution < -0.4 is 10.6 Å². The molecule has 0 fully saturated rings. The molecule has 2 amide bonds. The highest BCUT2D eigenvalue weighted by Crippen LogP contribution is 2.24. The summed E-state index contributed by atoms with van der Waals surface area (Å²) in [6.45, 7) is 6.94. The van der Waals surface area contributed by atoms with Crippen molar-refractivity contribution in [3.05, 3.63) is 35.6 Å². The largest absolute Gasteiger partial charge is 0.466 e. The van der Waals surface area contributed by atoms with Crippen LogP contribution in [0.1, 0.15) is 58.4 Å². The highest BCUT2D eigenvalue weighted by Gasteiger charge is 2.24. The topological polar surface area (TPSA) is 67.4 Å². The Morgan fingerprint density at radius 3 is 2.46 bits per heavy atom. The zero-order valence-electron chi connectivity index (χ0n) is 16.1. The van der Waals surface area contributed by atoms with Gasteiger partial charge >= 0.3 is 12.0 Å². The maximum Gasteiger partial charge on any atom is 0.314 e. The van der Waals surface area contributed by atoms with Gasteiger partial charge in [0, 0.05) is 24.9 Å². The molecule has 2 N–H and O–H groups in total. The lowest BCUT2D eigenvalue weighted by molar-refractivity contribution is -0.143. The van der Waals surface area contributed by atoms with E-state index in [2.05, 4.69) is 10.6 Å². The minimum atomic E-state index is -0.490. The molecule has 0 bridgehead atoms. The van der Waals surface area contributed by atoms with E-state index in [1.807, 2.05) is 13.8 Å². The smallest absolute Gasteiger partial charge is 0.314 e. The number of hydrogen-bond donors (Lipinski definition) is 2. The summed E-state index contributed by atoms with van der Waals surface area (Å²) in [5.41, 5.74) is 0.0948. The van der Waals surface area contributed by atoms with Gasteiger partial charge in [-0.1, -0.05) is 44.9 Å². The number of esters is 1. The second-order valence-electron chi connectivity index (χ2n) is 6.94. The quantitative estimate of drug-likeness (QED) is 0.461. The van der Waals surface area contributed by atoms with E-state index >= 15 is 0 Å². The Hall–Kier alpha value is -2.11. The zero-order valence-corrected chi connectivity index (χ0v) is 16.1. The van der Waals surface area contributed by atoms with Gasteiger partial charge in [0.2, 0.25) is 0 Å². The molecule has 0 heterocycles. The van der Waals surface area contributed by atoms with Crippen molar-refractivity contribution in [2.24, 2.45) is 0 Å². The number of rotatable bonds is 11. The molecule has 1 rings (SSSR count). The van der Waals surface area contributed by atoms with E-state index in [4.69, 9.17) is 4.74 Å². The van der Waals surface area contributed by atoms with Crippen LogP contribution in [-0.2, 0) is 14.9 Å². The number of carbonyl (C=O) groups excluding carboxylic acids is 2. The molecule has 26 heavy (non-hydrogen) atoms. The molecule has 0 saturated heterocycles. The Labute approximate surface area is 155 Å². The van der Waals surface area contributed by atoms with Crippen molar-refractivity contribution in [1.82, 2.24) is 10.6 Å². The molecule has 6 heteroatoms. The maximum atomic E-state index is 13.9. The number of urea groups is 1. The minimum absolute atomic E-state index is 0.150. The molecule has 1 aromatic carbocycles. The van der Waals surface area contributed by atoms with Crippen molar-refractivity contribution in [2.45, 2.75) is 58.3 Å². The second-order valence-corrected chi connectivity index (χ2v) is 6.94. The number of halogens is 1. The van der Waals surface area contributed by atoms with Crippen LogP contribution in [0.3, 0.4) is 0 Å². The van der Waals surface area contributed by atoms with Gasteiger partial charge in [0.25, 0.3) is 0 Å². The van der Waals surface area contributed by atoms with E-state index in [9.17, 15) is 14.0 Å². The SMILES string of the molecule is CCOC(=O)CCCCCCNC(=O)NCC(C)(C)c1ccccc1F. The van der Waals surface area contributed by atoms with E-state index in [-0.39, 0.29) is 17.8 Å². The average Bonchev–Trinajstić information content (AvgIpc) is 2.59. The Kier molecular flexibility index (Phi) is 9.70. The molecule has 146 valence electrons. The molecule has 0 spiro atoms. The number of carbonyl (C=O) groups is 2. The number of hydrogen-bond acceptors (Lipinski definition) is 3. The molecule has 0 saturated carbocycles. The summed E-state index contributed by atoms with van der Waals surface area (Å²) in [5, 5.41) is 5.61. The van der Waals surface area contributed by atoms with Gasteiger partial charge in [-0.2, -0.15) is 0 Å². The lowest BCUT2D eigenvalue weighted by Gasteiger charge is -2.26. The second kappa shape index (κ2) is 11.5. The molecular formula is C20H31FN2O3. The number of unbranched alkanes of at least 4 members (excludes halogenated alkanes) is 3. The molecule has 0 unspecified atom stereocenters. The molecule has 5 nitrogen and oxygen atoms in total. The van der Waals surface area contributed by atoms with E-state index in [0.717, 1.165) is 25.7 Å². The predicted molar refractivity (Wildman–Crippen MR) is 101 cm³/mol. The van der Waals surface area contributed by atoms with Crippen LogP contribution in [0.25, 0.3) is 0 Å². The van der Waals surface area contributed by atoms with E-state index in [1.165, 1.54) is 6.07 Å². The Bertz CT molecular complexity index is 576. The van der Waals surface area contributed by atoms with Gasteiger partial charge in [-0.3, -0.25) is 4.79 Å². The molecule has 1 aromatic rings. The first-order valence-corrected chi connectivity index (χ1v) is 9.29. The van der Waals surface area contributed by atoms with E-state index in [1.54, 1.807) is 25.1 Å². The van der Waals surface area contributed by atoms with Gasteiger partial charge in [0.1, 0.15) is 5.82 Å². The lowest BCUT2D eigenvalue weighted by atomic mass is 9.84. The van der Waals surface area contributed by atoms with Crippen LogP contribution in [-0.4, -0.2) is 31.7 Å². The summed E-state index contributed by atoms with van der Waals surface area (Å²) in [5.74, 6) is -0.412.